The Morgan fingerprint density at radius 3 is 2.87 bits per heavy atom. The van der Waals surface area contributed by atoms with Gasteiger partial charge in [-0.1, -0.05) is 0 Å². The minimum Gasteiger partial charge on any atom is -0.481 e. The van der Waals surface area contributed by atoms with Crippen LogP contribution >= 0.6 is 0 Å². The topological polar surface area (TPSA) is 82.7 Å². The molecule has 0 spiro atoms. The summed E-state index contributed by atoms with van der Waals surface area (Å²) in [5, 5.41) is 20.7. The van der Waals surface area contributed by atoms with Gasteiger partial charge in [-0.05, 0) is 19.4 Å². The standard InChI is InChI=1S/C10H15NO4/c1-7-2-4-9(15-7)11-6-8(12)3-5-10(13)14/h2,4,8,11-12H,3,5-6H2,1H3,(H,13,14). The first-order valence-electron chi connectivity index (χ1n) is 4.78. The number of carboxylic acid groups (broad SMARTS) is 1. The number of carbonyl (C=O) groups is 1. The van der Waals surface area contributed by atoms with Crippen LogP contribution in [0.15, 0.2) is 16.5 Å². The molecule has 5 heteroatoms. The van der Waals surface area contributed by atoms with E-state index in [0.29, 0.717) is 12.4 Å². The molecule has 1 heterocycles. The average Bonchev–Trinajstić information content (AvgIpc) is 2.58. The van der Waals surface area contributed by atoms with Gasteiger partial charge in [-0.15, -0.1) is 0 Å². The molecular weight excluding hydrogens is 198 g/mol. The van der Waals surface area contributed by atoms with Gasteiger partial charge in [0, 0.05) is 19.0 Å². The van der Waals surface area contributed by atoms with E-state index in [1.165, 1.54) is 0 Å². The van der Waals surface area contributed by atoms with Crippen LogP contribution in [0.5, 0.6) is 0 Å². The molecule has 0 aromatic carbocycles. The number of aliphatic hydroxyl groups is 1. The predicted molar refractivity (Wildman–Crippen MR) is 54.8 cm³/mol. The van der Waals surface area contributed by atoms with Crippen molar-refractivity contribution >= 4 is 11.9 Å². The number of aliphatic carboxylic acids is 1. The number of furan rings is 1. The molecule has 0 aliphatic rings. The second kappa shape index (κ2) is 5.41. The van der Waals surface area contributed by atoms with Gasteiger partial charge in [0.05, 0.1) is 6.10 Å². The summed E-state index contributed by atoms with van der Waals surface area (Å²) in [6, 6.07) is 3.57. The Morgan fingerprint density at radius 1 is 1.60 bits per heavy atom. The number of carboxylic acids is 1. The Labute approximate surface area is 87.7 Å². The first kappa shape index (κ1) is 11.6. The summed E-state index contributed by atoms with van der Waals surface area (Å²) in [4.78, 5) is 10.2. The van der Waals surface area contributed by atoms with Crippen molar-refractivity contribution in [1.29, 1.82) is 0 Å². The lowest BCUT2D eigenvalue weighted by Gasteiger charge is -2.09. The van der Waals surface area contributed by atoms with Gasteiger partial charge < -0.3 is 19.9 Å². The summed E-state index contributed by atoms with van der Waals surface area (Å²) in [6.07, 6.45) is -0.464. The summed E-state index contributed by atoms with van der Waals surface area (Å²) in [5.41, 5.74) is 0. The fourth-order valence-corrected chi connectivity index (χ4v) is 1.14. The Kier molecular flexibility index (Phi) is 4.17. The van der Waals surface area contributed by atoms with Crippen molar-refractivity contribution in [1.82, 2.24) is 0 Å². The summed E-state index contributed by atoms with van der Waals surface area (Å²) in [6.45, 7) is 2.12. The Balaban J connectivity index is 2.22. The van der Waals surface area contributed by atoms with Gasteiger partial charge in [0.25, 0.3) is 0 Å². The molecule has 1 unspecified atom stereocenters. The van der Waals surface area contributed by atoms with Gasteiger partial charge >= 0.3 is 5.97 Å². The summed E-state index contributed by atoms with van der Waals surface area (Å²) in [5.74, 6) is 0.474. The smallest absolute Gasteiger partial charge is 0.303 e. The summed E-state index contributed by atoms with van der Waals surface area (Å²) in [7, 11) is 0. The molecular formula is C10H15NO4. The van der Waals surface area contributed by atoms with E-state index in [2.05, 4.69) is 5.32 Å². The molecule has 0 aliphatic heterocycles. The van der Waals surface area contributed by atoms with Gasteiger partial charge in [0.2, 0.25) is 0 Å². The highest BCUT2D eigenvalue weighted by molar-refractivity contribution is 5.66. The van der Waals surface area contributed by atoms with Crippen molar-refractivity contribution in [2.24, 2.45) is 0 Å². The lowest BCUT2D eigenvalue weighted by molar-refractivity contribution is -0.137. The maximum atomic E-state index is 10.2. The molecule has 0 radical (unpaired) electrons. The molecule has 1 aromatic heterocycles. The molecule has 0 amide bonds. The first-order valence-corrected chi connectivity index (χ1v) is 4.78. The van der Waals surface area contributed by atoms with Gasteiger partial charge in [0.1, 0.15) is 5.76 Å². The molecule has 1 aromatic rings. The zero-order valence-corrected chi connectivity index (χ0v) is 8.56. The number of hydrogen-bond acceptors (Lipinski definition) is 4. The maximum Gasteiger partial charge on any atom is 0.303 e. The third-order valence-corrected chi connectivity index (χ3v) is 1.94. The van der Waals surface area contributed by atoms with Gasteiger partial charge in [-0.3, -0.25) is 4.79 Å². The number of aryl methyl sites for hydroxylation is 1. The van der Waals surface area contributed by atoms with E-state index in [0.717, 1.165) is 5.76 Å². The van der Waals surface area contributed by atoms with Crippen LogP contribution in [0.1, 0.15) is 18.6 Å². The van der Waals surface area contributed by atoms with Gasteiger partial charge in [0.15, 0.2) is 5.88 Å². The van der Waals surface area contributed by atoms with Crippen LogP contribution in [0, 0.1) is 6.92 Å². The molecule has 0 fully saturated rings. The SMILES string of the molecule is Cc1ccc(NCC(O)CCC(=O)O)o1. The van der Waals surface area contributed by atoms with Gasteiger partial charge in [-0.2, -0.15) is 0 Å². The fraction of sp³-hybridized carbons (Fsp3) is 0.500. The van der Waals surface area contributed by atoms with Crippen molar-refractivity contribution in [3.8, 4) is 0 Å². The summed E-state index contributed by atoms with van der Waals surface area (Å²) >= 11 is 0. The monoisotopic (exact) mass is 213 g/mol. The molecule has 0 aliphatic carbocycles. The van der Waals surface area contributed by atoms with Crippen LogP contribution in [0.4, 0.5) is 5.88 Å². The quantitative estimate of drug-likeness (QED) is 0.662. The van der Waals surface area contributed by atoms with E-state index in [1.54, 1.807) is 6.07 Å². The van der Waals surface area contributed by atoms with Crippen LogP contribution in [0.25, 0.3) is 0 Å². The second-order valence-electron chi connectivity index (χ2n) is 3.38. The second-order valence-corrected chi connectivity index (χ2v) is 3.38. The number of rotatable bonds is 6. The molecule has 84 valence electrons. The van der Waals surface area contributed by atoms with E-state index in [-0.39, 0.29) is 12.8 Å². The van der Waals surface area contributed by atoms with E-state index in [9.17, 15) is 9.90 Å². The van der Waals surface area contributed by atoms with Crippen molar-refractivity contribution in [3.63, 3.8) is 0 Å². The molecule has 1 atom stereocenters. The molecule has 5 nitrogen and oxygen atoms in total. The van der Waals surface area contributed by atoms with Crippen LogP contribution in [0.3, 0.4) is 0 Å². The molecule has 3 N–H and O–H groups in total. The molecule has 15 heavy (non-hydrogen) atoms. The Morgan fingerprint density at radius 2 is 2.33 bits per heavy atom. The minimum atomic E-state index is -0.900. The largest absolute Gasteiger partial charge is 0.481 e. The Bertz CT molecular complexity index is 321. The molecule has 0 saturated heterocycles. The lowest BCUT2D eigenvalue weighted by Crippen LogP contribution is -2.20. The Hall–Kier alpha value is -1.49. The zero-order valence-electron chi connectivity index (χ0n) is 8.56. The summed E-state index contributed by atoms with van der Waals surface area (Å²) < 4.78 is 5.22. The number of nitrogens with one attached hydrogen (secondary N) is 1. The zero-order chi connectivity index (χ0) is 11.3. The average molecular weight is 213 g/mol. The van der Waals surface area contributed by atoms with E-state index in [4.69, 9.17) is 9.52 Å². The normalized spacial score (nSPS) is 12.4. The van der Waals surface area contributed by atoms with Crippen LogP contribution in [0.2, 0.25) is 0 Å². The van der Waals surface area contributed by atoms with E-state index in [1.807, 2.05) is 13.0 Å². The van der Waals surface area contributed by atoms with Crippen LogP contribution in [-0.2, 0) is 4.79 Å². The van der Waals surface area contributed by atoms with Crippen molar-refractivity contribution < 1.29 is 19.4 Å². The van der Waals surface area contributed by atoms with E-state index >= 15 is 0 Å². The minimum absolute atomic E-state index is 0.0277. The number of aliphatic hydroxyl groups excluding tert-OH is 1. The van der Waals surface area contributed by atoms with Gasteiger partial charge in [-0.25, -0.2) is 0 Å². The predicted octanol–water partition coefficient (Wildman–Crippen LogP) is 1.23. The maximum absolute atomic E-state index is 10.2. The van der Waals surface area contributed by atoms with Crippen molar-refractivity contribution in [3.05, 3.63) is 17.9 Å². The highest BCUT2D eigenvalue weighted by atomic mass is 16.4. The third-order valence-electron chi connectivity index (χ3n) is 1.94. The number of hydrogen-bond donors (Lipinski definition) is 3. The van der Waals surface area contributed by atoms with Crippen molar-refractivity contribution in [2.45, 2.75) is 25.9 Å². The molecule has 0 bridgehead atoms. The van der Waals surface area contributed by atoms with E-state index < -0.39 is 12.1 Å². The first-order chi connectivity index (χ1) is 7.08. The highest BCUT2D eigenvalue weighted by Gasteiger charge is 2.07. The number of anilines is 1. The molecule has 0 saturated carbocycles. The lowest BCUT2D eigenvalue weighted by atomic mass is 10.2. The van der Waals surface area contributed by atoms with Crippen LogP contribution < -0.4 is 5.32 Å². The highest BCUT2D eigenvalue weighted by Crippen LogP contribution is 2.12. The molecule has 1 rings (SSSR count). The van der Waals surface area contributed by atoms with Crippen molar-refractivity contribution in [2.75, 3.05) is 11.9 Å². The fourth-order valence-electron chi connectivity index (χ4n) is 1.14. The van der Waals surface area contributed by atoms with Crippen LogP contribution in [-0.4, -0.2) is 28.8 Å². The third kappa shape index (κ3) is 4.51.